The lowest BCUT2D eigenvalue weighted by Gasteiger charge is -2.33. The molecule has 1 aromatic heterocycles. The summed E-state index contributed by atoms with van der Waals surface area (Å²) in [5.41, 5.74) is 1.82. The standard InChI is InChI=1S/C21H25ClN2O4S2/c1-2-3-16-4-6-17(7-5-16)18(25)8-10-20(26)23-12-14-24(15-13-23)30(27,28)21-11-9-19(22)29-21/h4-7,9,11H,2-3,8,10,12-15H2,1H3. The van der Waals surface area contributed by atoms with E-state index in [1.54, 1.807) is 11.0 Å². The van der Waals surface area contributed by atoms with Gasteiger partial charge in [0.1, 0.15) is 4.21 Å². The van der Waals surface area contributed by atoms with Gasteiger partial charge in [0.2, 0.25) is 5.91 Å². The molecule has 0 radical (unpaired) electrons. The van der Waals surface area contributed by atoms with E-state index in [1.807, 2.05) is 24.3 Å². The fourth-order valence-electron chi connectivity index (χ4n) is 3.41. The summed E-state index contributed by atoms with van der Waals surface area (Å²) >= 11 is 6.88. The predicted octanol–water partition coefficient (Wildman–Crippen LogP) is 3.85. The zero-order chi connectivity index (χ0) is 21.7. The van der Waals surface area contributed by atoms with Gasteiger partial charge in [0.25, 0.3) is 10.0 Å². The van der Waals surface area contributed by atoms with Gasteiger partial charge in [0, 0.05) is 44.6 Å². The van der Waals surface area contributed by atoms with Gasteiger partial charge in [-0.3, -0.25) is 9.59 Å². The summed E-state index contributed by atoms with van der Waals surface area (Å²) in [5.74, 6) is -0.177. The number of carbonyl (C=O) groups excluding carboxylic acids is 2. The number of amides is 1. The summed E-state index contributed by atoms with van der Waals surface area (Å²) in [4.78, 5) is 26.5. The maximum Gasteiger partial charge on any atom is 0.252 e. The molecule has 3 rings (SSSR count). The molecule has 1 aromatic carbocycles. The van der Waals surface area contributed by atoms with E-state index in [1.165, 1.54) is 15.9 Å². The number of carbonyl (C=O) groups is 2. The van der Waals surface area contributed by atoms with Crippen molar-refractivity contribution in [3.05, 3.63) is 51.9 Å². The largest absolute Gasteiger partial charge is 0.340 e. The van der Waals surface area contributed by atoms with Crippen LogP contribution >= 0.6 is 22.9 Å². The highest BCUT2D eigenvalue weighted by Gasteiger charge is 2.31. The number of halogens is 1. The lowest BCUT2D eigenvalue weighted by Crippen LogP contribution is -2.50. The maximum absolute atomic E-state index is 12.6. The molecule has 1 aliphatic heterocycles. The van der Waals surface area contributed by atoms with Gasteiger partial charge < -0.3 is 4.90 Å². The first-order chi connectivity index (χ1) is 14.3. The zero-order valence-electron chi connectivity index (χ0n) is 16.8. The number of Topliss-reactive ketones (excluding diaryl/α,β-unsaturated/α-hetero) is 1. The Labute approximate surface area is 186 Å². The molecule has 1 aliphatic rings. The molecular weight excluding hydrogens is 444 g/mol. The van der Waals surface area contributed by atoms with E-state index in [0.717, 1.165) is 24.2 Å². The van der Waals surface area contributed by atoms with Crippen molar-refractivity contribution in [3.8, 4) is 0 Å². The first-order valence-electron chi connectivity index (χ1n) is 9.96. The summed E-state index contributed by atoms with van der Waals surface area (Å²) < 4.78 is 27.3. The number of benzene rings is 1. The Morgan fingerprint density at radius 3 is 2.23 bits per heavy atom. The quantitative estimate of drug-likeness (QED) is 0.551. The van der Waals surface area contributed by atoms with E-state index < -0.39 is 10.0 Å². The average Bonchev–Trinajstić information content (AvgIpc) is 3.20. The topological polar surface area (TPSA) is 74.8 Å². The highest BCUT2D eigenvalue weighted by Crippen LogP contribution is 2.28. The molecule has 0 N–H and O–H groups in total. The van der Waals surface area contributed by atoms with Crippen LogP contribution in [0.1, 0.15) is 42.1 Å². The number of rotatable bonds is 8. The second kappa shape index (κ2) is 10.0. The molecule has 0 aliphatic carbocycles. The minimum Gasteiger partial charge on any atom is -0.340 e. The summed E-state index contributed by atoms with van der Waals surface area (Å²) in [7, 11) is -3.58. The van der Waals surface area contributed by atoms with Gasteiger partial charge in [-0.15, -0.1) is 11.3 Å². The van der Waals surface area contributed by atoms with Crippen molar-refractivity contribution < 1.29 is 18.0 Å². The van der Waals surface area contributed by atoms with Gasteiger partial charge in [0.15, 0.2) is 5.78 Å². The van der Waals surface area contributed by atoms with Crippen molar-refractivity contribution >= 4 is 44.7 Å². The zero-order valence-corrected chi connectivity index (χ0v) is 19.2. The van der Waals surface area contributed by atoms with Crippen LogP contribution in [0.5, 0.6) is 0 Å². The van der Waals surface area contributed by atoms with E-state index >= 15 is 0 Å². The Hall–Kier alpha value is -1.74. The van der Waals surface area contributed by atoms with E-state index in [-0.39, 0.29) is 41.8 Å². The minimum absolute atomic E-state index is 0.0535. The molecule has 30 heavy (non-hydrogen) atoms. The van der Waals surface area contributed by atoms with Gasteiger partial charge in [-0.25, -0.2) is 8.42 Å². The van der Waals surface area contributed by atoms with E-state index in [9.17, 15) is 18.0 Å². The van der Waals surface area contributed by atoms with Crippen molar-refractivity contribution in [2.45, 2.75) is 36.8 Å². The molecule has 6 nitrogen and oxygen atoms in total. The molecule has 2 aromatic rings. The van der Waals surface area contributed by atoms with Crippen LogP contribution in [-0.2, 0) is 21.2 Å². The van der Waals surface area contributed by atoms with Gasteiger partial charge in [-0.1, -0.05) is 49.2 Å². The third-order valence-electron chi connectivity index (χ3n) is 5.11. The normalized spacial score (nSPS) is 15.3. The fourth-order valence-corrected chi connectivity index (χ4v) is 6.47. The molecule has 1 saturated heterocycles. The molecule has 9 heteroatoms. The molecule has 1 fully saturated rings. The van der Waals surface area contributed by atoms with Crippen molar-refractivity contribution in [3.63, 3.8) is 0 Å². The minimum atomic E-state index is -3.58. The Balaban J connectivity index is 1.49. The number of thiophene rings is 1. The van der Waals surface area contributed by atoms with Crippen LogP contribution in [0.25, 0.3) is 0 Å². The Morgan fingerprint density at radius 1 is 1.00 bits per heavy atom. The van der Waals surface area contributed by atoms with E-state index in [0.29, 0.717) is 23.0 Å². The number of hydrogen-bond acceptors (Lipinski definition) is 5. The van der Waals surface area contributed by atoms with Gasteiger partial charge in [0.05, 0.1) is 4.34 Å². The SMILES string of the molecule is CCCc1ccc(C(=O)CCC(=O)N2CCN(S(=O)(=O)c3ccc(Cl)s3)CC2)cc1. The summed E-state index contributed by atoms with van der Waals surface area (Å²) in [6, 6.07) is 10.6. The Morgan fingerprint density at radius 2 is 1.67 bits per heavy atom. The second-order valence-corrected chi connectivity index (χ2v) is 11.1. The number of hydrogen-bond donors (Lipinski definition) is 0. The third kappa shape index (κ3) is 5.49. The van der Waals surface area contributed by atoms with Crippen LogP contribution < -0.4 is 0 Å². The van der Waals surface area contributed by atoms with E-state index in [2.05, 4.69) is 6.92 Å². The molecule has 0 spiro atoms. The fraction of sp³-hybridized carbons (Fsp3) is 0.429. The Kier molecular flexibility index (Phi) is 7.68. The van der Waals surface area contributed by atoms with Crippen molar-refractivity contribution in [2.24, 2.45) is 0 Å². The van der Waals surface area contributed by atoms with Crippen LogP contribution in [0.4, 0.5) is 0 Å². The maximum atomic E-state index is 12.6. The van der Waals surface area contributed by atoms with Crippen molar-refractivity contribution in [1.82, 2.24) is 9.21 Å². The Bertz CT molecular complexity index is 994. The van der Waals surface area contributed by atoms with Crippen molar-refractivity contribution in [1.29, 1.82) is 0 Å². The van der Waals surface area contributed by atoms with Gasteiger partial charge in [-0.2, -0.15) is 4.31 Å². The first-order valence-corrected chi connectivity index (χ1v) is 12.6. The highest BCUT2D eigenvalue weighted by molar-refractivity contribution is 7.91. The summed E-state index contributed by atoms with van der Waals surface area (Å²) in [6.07, 6.45) is 2.31. The molecule has 0 bridgehead atoms. The molecular formula is C21H25ClN2O4S2. The van der Waals surface area contributed by atoms with E-state index in [4.69, 9.17) is 11.6 Å². The smallest absolute Gasteiger partial charge is 0.252 e. The van der Waals surface area contributed by atoms with Gasteiger partial charge >= 0.3 is 0 Å². The van der Waals surface area contributed by atoms with Crippen LogP contribution in [0.2, 0.25) is 4.34 Å². The monoisotopic (exact) mass is 468 g/mol. The summed E-state index contributed by atoms with van der Waals surface area (Å²) in [5, 5.41) is 0. The molecule has 0 unspecified atom stereocenters. The highest BCUT2D eigenvalue weighted by atomic mass is 35.5. The summed E-state index contributed by atoms with van der Waals surface area (Å²) in [6.45, 7) is 3.21. The average molecular weight is 469 g/mol. The molecule has 162 valence electrons. The number of aryl methyl sites for hydroxylation is 1. The molecule has 2 heterocycles. The lowest BCUT2D eigenvalue weighted by molar-refractivity contribution is -0.132. The molecule has 1 amide bonds. The number of ketones is 1. The number of nitrogens with zero attached hydrogens (tertiary/aromatic N) is 2. The van der Waals surface area contributed by atoms with Gasteiger partial charge in [-0.05, 0) is 24.1 Å². The van der Waals surface area contributed by atoms with Crippen LogP contribution in [0.15, 0.2) is 40.6 Å². The van der Waals surface area contributed by atoms with Crippen molar-refractivity contribution in [2.75, 3.05) is 26.2 Å². The third-order valence-corrected chi connectivity index (χ3v) is 8.71. The van der Waals surface area contributed by atoms with Crippen LogP contribution in [-0.4, -0.2) is 55.5 Å². The first kappa shape index (κ1) is 22.9. The molecule has 0 saturated carbocycles. The lowest BCUT2D eigenvalue weighted by atomic mass is 10.0. The van der Waals surface area contributed by atoms with Crippen LogP contribution in [0, 0.1) is 0 Å². The van der Waals surface area contributed by atoms with Crippen LogP contribution in [0.3, 0.4) is 0 Å². The molecule has 0 atom stereocenters. The number of sulfonamides is 1. The second-order valence-electron chi connectivity index (χ2n) is 7.21. The number of piperazine rings is 1. The predicted molar refractivity (Wildman–Crippen MR) is 119 cm³/mol.